The molecule has 0 atom stereocenters. The number of rotatable bonds is 7. The van der Waals surface area contributed by atoms with E-state index in [4.69, 9.17) is 0 Å². The van der Waals surface area contributed by atoms with E-state index in [1.165, 1.54) is 28.6 Å². The van der Waals surface area contributed by atoms with E-state index in [-0.39, 0.29) is 23.7 Å². The Morgan fingerprint density at radius 1 is 0.852 bits per heavy atom. The van der Waals surface area contributed by atoms with Crippen LogP contribution in [0.5, 0.6) is 0 Å². The van der Waals surface area contributed by atoms with E-state index >= 15 is 0 Å². The van der Waals surface area contributed by atoms with Gasteiger partial charge in [-0.05, 0) is 36.4 Å². The van der Waals surface area contributed by atoms with E-state index in [2.05, 4.69) is 0 Å². The number of hydrogen-bond donors (Lipinski definition) is 1. The minimum Gasteiger partial charge on any atom is -0.280 e. The van der Waals surface area contributed by atoms with Gasteiger partial charge >= 0.3 is 0 Å². The van der Waals surface area contributed by atoms with Gasteiger partial charge in [-0.15, -0.1) is 0 Å². The van der Waals surface area contributed by atoms with Crippen molar-refractivity contribution in [2.45, 2.75) is 23.6 Å². The molecule has 0 saturated heterocycles. The van der Waals surface area contributed by atoms with Crippen molar-refractivity contribution in [2.75, 3.05) is 17.8 Å². The second kappa shape index (κ2) is 7.87. The van der Waals surface area contributed by atoms with Gasteiger partial charge in [0.25, 0.3) is 10.0 Å². The molecule has 0 amide bonds. The van der Waals surface area contributed by atoms with E-state index in [1.54, 1.807) is 13.8 Å². The topological polar surface area (TPSA) is 83.6 Å². The Hall–Kier alpha value is -2.11. The molecule has 2 rings (SSSR count). The summed E-state index contributed by atoms with van der Waals surface area (Å²) in [4.78, 5) is -1.12. The van der Waals surface area contributed by atoms with Crippen molar-refractivity contribution in [3.05, 3.63) is 53.8 Å². The molecule has 6 nitrogen and oxygen atoms in total. The van der Waals surface area contributed by atoms with E-state index in [0.29, 0.717) is 12.1 Å². The molecular formula is C16H17F3N2O4S2. The maximum absolute atomic E-state index is 13.7. The van der Waals surface area contributed by atoms with Gasteiger partial charge in [0.15, 0.2) is 17.5 Å². The number of anilines is 1. The molecule has 0 fully saturated rings. The highest BCUT2D eigenvalue weighted by molar-refractivity contribution is 7.92. The summed E-state index contributed by atoms with van der Waals surface area (Å²) in [6.07, 6.45) is 0. The molecule has 0 saturated carbocycles. The SMILES string of the molecule is CCN(CC)S(=O)(=O)c1ccc(NS(=O)(=O)c2ccc(F)c(F)c2F)cc1. The zero-order valence-electron chi connectivity index (χ0n) is 14.4. The largest absolute Gasteiger partial charge is 0.280 e. The van der Waals surface area contributed by atoms with Gasteiger partial charge in [-0.3, -0.25) is 4.72 Å². The summed E-state index contributed by atoms with van der Waals surface area (Å²) >= 11 is 0. The lowest BCUT2D eigenvalue weighted by atomic mass is 10.3. The molecule has 0 aliphatic carbocycles. The molecule has 0 aliphatic heterocycles. The molecule has 148 valence electrons. The van der Waals surface area contributed by atoms with Crippen molar-refractivity contribution < 1.29 is 30.0 Å². The average Bonchev–Trinajstić information content (AvgIpc) is 2.60. The molecule has 0 spiro atoms. The molecule has 0 radical (unpaired) electrons. The lowest BCUT2D eigenvalue weighted by molar-refractivity contribution is 0.432. The van der Waals surface area contributed by atoms with Crippen molar-refractivity contribution in [2.24, 2.45) is 0 Å². The van der Waals surface area contributed by atoms with Gasteiger partial charge in [-0.1, -0.05) is 13.8 Å². The molecule has 1 N–H and O–H groups in total. The standard InChI is InChI=1S/C16H17F3N2O4S2/c1-3-21(4-2)27(24,25)12-7-5-11(6-8-12)20-26(22,23)14-10-9-13(17)15(18)16(14)19/h5-10,20H,3-4H2,1-2H3. The number of hydrogen-bond acceptors (Lipinski definition) is 4. The Balaban J connectivity index is 2.33. The lowest BCUT2D eigenvalue weighted by Crippen LogP contribution is -2.30. The first kappa shape index (κ1) is 21.2. The van der Waals surface area contributed by atoms with Crippen molar-refractivity contribution in [1.29, 1.82) is 0 Å². The highest BCUT2D eigenvalue weighted by atomic mass is 32.2. The summed E-state index contributed by atoms with van der Waals surface area (Å²) in [5.74, 6) is -5.26. The van der Waals surface area contributed by atoms with Crippen molar-refractivity contribution in [3.8, 4) is 0 Å². The van der Waals surface area contributed by atoms with Gasteiger partial charge in [0.05, 0.1) is 4.90 Å². The summed E-state index contributed by atoms with van der Waals surface area (Å²) < 4.78 is 92.4. The van der Waals surface area contributed by atoms with Crippen LogP contribution in [0.15, 0.2) is 46.2 Å². The van der Waals surface area contributed by atoms with Gasteiger partial charge in [0.2, 0.25) is 10.0 Å². The summed E-state index contributed by atoms with van der Waals surface area (Å²) in [6.45, 7) is 3.89. The third-order valence-corrected chi connectivity index (χ3v) is 7.20. The van der Waals surface area contributed by atoms with Crippen LogP contribution >= 0.6 is 0 Å². The van der Waals surface area contributed by atoms with E-state index in [9.17, 15) is 30.0 Å². The Morgan fingerprint density at radius 2 is 1.41 bits per heavy atom. The molecule has 0 aliphatic rings. The fourth-order valence-electron chi connectivity index (χ4n) is 2.33. The second-order valence-electron chi connectivity index (χ2n) is 5.39. The smallest absolute Gasteiger partial charge is 0.264 e. The number of halogens is 3. The van der Waals surface area contributed by atoms with Gasteiger partial charge in [-0.25, -0.2) is 30.0 Å². The Labute approximate surface area is 155 Å². The molecule has 0 bridgehead atoms. The summed E-state index contributed by atoms with van der Waals surface area (Å²) in [7, 11) is -8.27. The van der Waals surface area contributed by atoms with Crippen LogP contribution in [0.4, 0.5) is 18.9 Å². The lowest BCUT2D eigenvalue weighted by Gasteiger charge is -2.18. The van der Waals surface area contributed by atoms with Gasteiger partial charge in [0, 0.05) is 18.8 Å². The highest BCUT2D eigenvalue weighted by Crippen LogP contribution is 2.24. The molecule has 11 heteroatoms. The van der Waals surface area contributed by atoms with E-state index in [0.717, 1.165) is 0 Å². The quantitative estimate of drug-likeness (QED) is 0.696. The van der Waals surface area contributed by atoms with Crippen molar-refractivity contribution >= 4 is 25.7 Å². The van der Waals surface area contributed by atoms with E-state index in [1.807, 2.05) is 4.72 Å². The number of nitrogens with zero attached hydrogens (tertiary/aromatic N) is 1. The van der Waals surface area contributed by atoms with Crippen LogP contribution in [0.25, 0.3) is 0 Å². The third-order valence-electron chi connectivity index (χ3n) is 3.74. The van der Waals surface area contributed by atoms with Crippen LogP contribution in [-0.2, 0) is 20.0 Å². The van der Waals surface area contributed by atoms with Crippen LogP contribution in [-0.4, -0.2) is 34.2 Å². The minimum atomic E-state index is -4.55. The highest BCUT2D eigenvalue weighted by Gasteiger charge is 2.25. The van der Waals surface area contributed by atoms with Crippen LogP contribution in [0.3, 0.4) is 0 Å². The first-order valence-electron chi connectivity index (χ1n) is 7.81. The molecule has 27 heavy (non-hydrogen) atoms. The van der Waals surface area contributed by atoms with Crippen LogP contribution < -0.4 is 4.72 Å². The number of benzene rings is 2. The monoisotopic (exact) mass is 422 g/mol. The third kappa shape index (κ3) is 4.25. The van der Waals surface area contributed by atoms with Crippen molar-refractivity contribution in [3.63, 3.8) is 0 Å². The predicted octanol–water partition coefficient (Wildman–Crippen LogP) is 2.94. The van der Waals surface area contributed by atoms with Gasteiger partial charge < -0.3 is 0 Å². The minimum absolute atomic E-state index is 0.0480. The zero-order chi connectivity index (χ0) is 20.4. The van der Waals surface area contributed by atoms with Gasteiger partial charge in [-0.2, -0.15) is 4.31 Å². The van der Waals surface area contributed by atoms with Crippen LogP contribution in [0.1, 0.15) is 13.8 Å². The maximum atomic E-state index is 13.7. The predicted molar refractivity (Wildman–Crippen MR) is 93.7 cm³/mol. The summed E-state index contributed by atoms with van der Waals surface area (Å²) in [6, 6.07) is 5.81. The zero-order valence-corrected chi connectivity index (χ0v) is 16.0. The van der Waals surface area contributed by atoms with Gasteiger partial charge in [0.1, 0.15) is 4.90 Å². The van der Waals surface area contributed by atoms with Crippen LogP contribution in [0.2, 0.25) is 0 Å². The fraction of sp³-hybridized carbons (Fsp3) is 0.250. The molecular weight excluding hydrogens is 405 g/mol. The molecule has 2 aromatic rings. The van der Waals surface area contributed by atoms with Crippen LogP contribution in [0, 0.1) is 17.5 Å². The normalized spacial score (nSPS) is 12.4. The molecule has 0 unspecified atom stereocenters. The Bertz CT molecular complexity index is 1040. The van der Waals surface area contributed by atoms with Crippen molar-refractivity contribution in [1.82, 2.24) is 4.31 Å². The Kier molecular flexibility index (Phi) is 6.17. The summed E-state index contributed by atoms with van der Waals surface area (Å²) in [5, 5.41) is 0. The molecule has 0 heterocycles. The average molecular weight is 422 g/mol. The first-order chi connectivity index (χ1) is 12.5. The first-order valence-corrected chi connectivity index (χ1v) is 10.7. The number of sulfonamides is 2. The Morgan fingerprint density at radius 3 is 1.93 bits per heavy atom. The molecule has 2 aromatic carbocycles. The fourth-order valence-corrected chi connectivity index (χ4v) is 4.92. The second-order valence-corrected chi connectivity index (χ2v) is 8.98. The number of nitrogens with one attached hydrogen (secondary N) is 1. The summed E-state index contributed by atoms with van der Waals surface area (Å²) in [5.41, 5.74) is -0.0716. The molecule has 0 aromatic heterocycles. The maximum Gasteiger partial charge on any atom is 0.264 e. The van der Waals surface area contributed by atoms with E-state index < -0.39 is 42.4 Å².